The molecule has 1 aliphatic rings. The minimum absolute atomic E-state index is 0.197. The van der Waals surface area contributed by atoms with Gasteiger partial charge in [-0.1, -0.05) is 24.3 Å². The Morgan fingerprint density at radius 3 is 2.54 bits per heavy atom. The fraction of sp³-hybridized carbons (Fsp3) is 0.263. The van der Waals surface area contributed by atoms with E-state index in [4.69, 9.17) is 0 Å². The van der Waals surface area contributed by atoms with Crippen molar-refractivity contribution in [1.82, 2.24) is 4.98 Å². The van der Waals surface area contributed by atoms with Gasteiger partial charge in [0.25, 0.3) is 0 Å². The summed E-state index contributed by atoms with van der Waals surface area (Å²) >= 11 is 0. The van der Waals surface area contributed by atoms with E-state index < -0.39 is 29.1 Å². The van der Waals surface area contributed by atoms with Gasteiger partial charge in [0, 0.05) is 6.20 Å². The summed E-state index contributed by atoms with van der Waals surface area (Å²) in [4.78, 5) is 15.4. The molecule has 1 N–H and O–H groups in total. The number of hydrogen-bond acceptors (Lipinski definition) is 2. The number of alkyl halides is 3. The van der Waals surface area contributed by atoms with Crippen LogP contribution >= 0.6 is 0 Å². The van der Waals surface area contributed by atoms with E-state index in [0.717, 1.165) is 12.3 Å². The molecule has 1 aliphatic carbocycles. The van der Waals surface area contributed by atoms with Gasteiger partial charge in [-0.2, -0.15) is 13.2 Å². The van der Waals surface area contributed by atoms with Gasteiger partial charge in [0.2, 0.25) is 0 Å². The van der Waals surface area contributed by atoms with Gasteiger partial charge < -0.3 is 5.11 Å². The summed E-state index contributed by atoms with van der Waals surface area (Å²) in [6.45, 7) is 1.51. The van der Waals surface area contributed by atoms with E-state index in [2.05, 4.69) is 4.98 Å². The summed E-state index contributed by atoms with van der Waals surface area (Å²) in [5.74, 6) is -1.62. The first-order valence-corrected chi connectivity index (χ1v) is 7.89. The molecule has 0 saturated heterocycles. The number of carboxylic acid groups (broad SMARTS) is 1. The number of carboxylic acids is 1. The molecular weight excluding hydrogens is 350 g/mol. The van der Waals surface area contributed by atoms with Crippen molar-refractivity contribution in [2.75, 3.05) is 0 Å². The summed E-state index contributed by atoms with van der Waals surface area (Å²) < 4.78 is 51.8. The number of hydrogen-bond donors (Lipinski definition) is 1. The van der Waals surface area contributed by atoms with Gasteiger partial charge in [-0.25, -0.2) is 4.39 Å². The van der Waals surface area contributed by atoms with Gasteiger partial charge in [-0.05, 0) is 54.2 Å². The zero-order valence-electron chi connectivity index (χ0n) is 13.8. The molecule has 1 aromatic heterocycles. The van der Waals surface area contributed by atoms with Gasteiger partial charge >= 0.3 is 12.1 Å². The second-order valence-electron chi connectivity index (χ2n) is 6.29. The quantitative estimate of drug-likeness (QED) is 0.799. The molecule has 0 amide bonds. The van der Waals surface area contributed by atoms with Crippen molar-refractivity contribution >= 4 is 11.5 Å². The Balaban J connectivity index is 2.05. The van der Waals surface area contributed by atoms with Crippen LogP contribution in [0, 0.1) is 12.7 Å². The smallest absolute Gasteiger partial charge is 0.433 e. The average Bonchev–Trinajstić information content (AvgIpc) is 3.03. The molecule has 3 rings (SSSR count). The highest BCUT2D eigenvalue weighted by Crippen LogP contribution is 2.44. The molecule has 136 valence electrons. The predicted octanol–water partition coefficient (Wildman–Crippen LogP) is 4.75. The highest BCUT2D eigenvalue weighted by Gasteiger charge is 2.43. The zero-order valence-corrected chi connectivity index (χ0v) is 13.8. The summed E-state index contributed by atoms with van der Waals surface area (Å²) in [6.07, 6.45) is -1.41. The third-order valence-corrected chi connectivity index (χ3v) is 4.76. The molecule has 2 aromatic rings. The van der Waals surface area contributed by atoms with Crippen molar-refractivity contribution in [2.24, 2.45) is 0 Å². The summed E-state index contributed by atoms with van der Waals surface area (Å²) in [7, 11) is 0. The van der Waals surface area contributed by atoms with Gasteiger partial charge in [0.05, 0.1) is 0 Å². The van der Waals surface area contributed by atoms with E-state index in [-0.39, 0.29) is 12.0 Å². The van der Waals surface area contributed by atoms with Gasteiger partial charge in [0.15, 0.2) is 0 Å². The third kappa shape index (κ3) is 2.98. The fourth-order valence-corrected chi connectivity index (χ4v) is 3.34. The van der Waals surface area contributed by atoms with Crippen LogP contribution in [-0.2, 0) is 16.4 Å². The summed E-state index contributed by atoms with van der Waals surface area (Å²) in [5.41, 5.74) is -0.819. The van der Waals surface area contributed by atoms with E-state index in [1.54, 1.807) is 6.07 Å². The van der Waals surface area contributed by atoms with Crippen molar-refractivity contribution in [2.45, 2.75) is 31.4 Å². The second-order valence-corrected chi connectivity index (χ2v) is 6.29. The molecule has 7 heteroatoms. The first-order chi connectivity index (χ1) is 12.1. The van der Waals surface area contributed by atoms with Crippen LogP contribution in [0.2, 0.25) is 0 Å². The number of rotatable bonds is 3. The normalized spacial score (nSPS) is 20.1. The number of carbonyl (C=O) groups is 1. The number of nitrogens with zero attached hydrogens (tertiary/aromatic N) is 1. The molecule has 0 spiro atoms. The third-order valence-electron chi connectivity index (χ3n) is 4.76. The maximum absolute atomic E-state index is 13.9. The van der Waals surface area contributed by atoms with Crippen LogP contribution in [-0.4, -0.2) is 16.1 Å². The minimum atomic E-state index is -4.54. The number of aliphatic carboxylic acids is 1. The van der Waals surface area contributed by atoms with Gasteiger partial charge in [-0.3, -0.25) is 9.78 Å². The molecule has 1 heterocycles. The SMILES string of the molecule is Cc1c(F)cccc1C1(C(=O)O)C=C(c2ccc(C(F)(F)F)nc2)CC1. The van der Waals surface area contributed by atoms with E-state index in [1.807, 2.05) is 0 Å². The molecule has 1 unspecified atom stereocenters. The topological polar surface area (TPSA) is 50.2 Å². The molecule has 0 radical (unpaired) electrons. The van der Waals surface area contributed by atoms with Crippen molar-refractivity contribution in [3.63, 3.8) is 0 Å². The van der Waals surface area contributed by atoms with E-state index >= 15 is 0 Å². The zero-order chi connectivity index (χ0) is 19.1. The fourth-order valence-electron chi connectivity index (χ4n) is 3.34. The van der Waals surface area contributed by atoms with Crippen LogP contribution < -0.4 is 0 Å². The number of halogens is 4. The van der Waals surface area contributed by atoms with Crippen LogP contribution in [0.15, 0.2) is 42.6 Å². The van der Waals surface area contributed by atoms with Crippen molar-refractivity contribution in [3.8, 4) is 0 Å². The lowest BCUT2D eigenvalue weighted by Crippen LogP contribution is -2.32. The molecule has 3 nitrogen and oxygen atoms in total. The minimum Gasteiger partial charge on any atom is -0.480 e. The number of pyridine rings is 1. The molecule has 26 heavy (non-hydrogen) atoms. The van der Waals surface area contributed by atoms with Crippen LogP contribution in [0.1, 0.15) is 35.2 Å². The lowest BCUT2D eigenvalue weighted by molar-refractivity contribution is -0.142. The number of benzene rings is 1. The molecule has 0 fully saturated rings. The first-order valence-electron chi connectivity index (χ1n) is 7.89. The molecule has 0 aliphatic heterocycles. The highest BCUT2D eigenvalue weighted by atomic mass is 19.4. The van der Waals surface area contributed by atoms with Crippen LogP contribution in [0.3, 0.4) is 0 Å². The molecule has 0 bridgehead atoms. The monoisotopic (exact) mass is 365 g/mol. The maximum atomic E-state index is 13.9. The Morgan fingerprint density at radius 2 is 1.96 bits per heavy atom. The predicted molar refractivity (Wildman–Crippen MR) is 86.9 cm³/mol. The Kier molecular flexibility index (Phi) is 4.34. The van der Waals surface area contributed by atoms with E-state index in [9.17, 15) is 27.5 Å². The standard InChI is InChI=1S/C19H15F4NO2/c1-11-14(3-2-4-15(11)20)18(17(25)26)8-7-12(9-18)13-5-6-16(24-10-13)19(21,22)23/h2-6,9-10H,7-8H2,1H3,(H,25,26). The Bertz CT molecular complexity index is 887. The summed E-state index contributed by atoms with van der Waals surface area (Å²) in [6, 6.07) is 6.42. The van der Waals surface area contributed by atoms with E-state index in [1.165, 1.54) is 31.2 Å². The van der Waals surface area contributed by atoms with Crippen LogP contribution in [0.5, 0.6) is 0 Å². The van der Waals surface area contributed by atoms with Gasteiger partial charge in [0.1, 0.15) is 16.9 Å². The molecule has 1 aromatic carbocycles. The van der Waals surface area contributed by atoms with E-state index in [0.29, 0.717) is 23.1 Å². The molecule has 0 saturated carbocycles. The molecular formula is C19H15F4NO2. The first kappa shape index (κ1) is 18.1. The van der Waals surface area contributed by atoms with Crippen LogP contribution in [0.25, 0.3) is 5.57 Å². The Hall–Kier alpha value is -2.70. The number of aromatic nitrogens is 1. The van der Waals surface area contributed by atoms with Crippen molar-refractivity contribution in [1.29, 1.82) is 0 Å². The maximum Gasteiger partial charge on any atom is 0.433 e. The number of allylic oxidation sites excluding steroid dienone is 1. The molecule has 1 atom stereocenters. The van der Waals surface area contributed by atoms with Gasteiger partial charge in [-0.15, -0.1) is 0 Å². The highest BCUT2D eigenvalue weighted by molar-refractivity contribution is 5.90. The van der Waals surface area contributed by atoms with Crippen molar-refractivity contribution < 1.29 is 27.5 Å². The Morgan fingerprint density at radius 1 is 1.23 bits per heavy atom. The average molecular weight is 365 g/mol. The second kappa shape index (κ2) is 6.23. The Labute approximate surface area is 147 Å². The summed E-state index contributed by atoms with van der Waals surface area (Å²) in [5, 5.41) is 9.82. The lowest BCUT2D eigenvalue weighted by atomic mass is 9.78. The van der Waals surface area contributed by atoms with Crippen LogP contribution in [0.4, 0.5) is 17.6 Å². The largest absolute Gasteiger partial charge is 0.480 e. The van der Waals surface area contributed by atoms with Crippen molar-refractivity contribution in [3.05, 3.63) is 70.8 Å². The lowest BCUT2D eigenvalue weighted by Gasteiger charge is -2.24.